The van der Waals surface area contributed by atoms with Gasteiger partial charge in [-0.1, -0.05) is 0 Å². The Morgan fingerprint density at radius 1 is 1.18 bits per heavy atom. The van der Waals surface area contributed by atoms with Gasteiger partial charge in [-0.2, -0.15) is 0 Å². The molecule has 4 nitrogen and oxygen atoms in total. The van der Waals surface area contributed by atoms with Crippen LogP contribution in [0.2, 0.25) is 0 Å². The monoisotopic (exact) mass is 161 g/mol. The second kappa shape index (κ2) is 5.49. The minimum absolute atomic E-state index is 0.273. The summed E-state index contributed by atoms with van der Waals surface area (Å²) >= 11 is 0. The van der Waals surface area contributed by atoms with Gasteiger partial charge in [0, 0.05) is 13.2 Å². The number of rotatable bonds is 4. The highest BCUT2D eigenvalue weighted by molar-refractivity contribution is 4.49. The maximum Gasteiger partial charge on any atom is 0.150 e. The molecule has 0 aliphatic carbocycles. The van der Waals surface area contributed by atoms with Crippen LogP contribution in [0.3, 0.4) is 0 Å². The van der Waals surface area contributed by atoms with Crippen LogP contribution >= 0.6 is 0 Å². The van der Waals surface area contributed by atoms with Crippen molar-refractivity contribution in [2.45, 2.75) is 12.8 Å². The Morgan fingerprint density at radius 3 is 2.55 bits per heavy atom. The van der Waals surface area contributed by atoms with Crippen LogP contribution < -0.4 is 0 Å². The van der Waals surface area contributed by atoms with Crippen LogP contribution in [0, 0.1) is 0 Å². The zero-order valence-electron chi connectivity index (χ0n) is 6.66. The summed E-state index contributed by atoms with van der Waals surface area (Å²) in [6, 6.07) is 0. The molecule has 4 heteroatoms. The quantitative estimate of drug-likeness (QED) is 0.588. The third-order valence-electron chi connectivity index (χ3n) is 1.60. The van der Waals surface area contributed by atoms with Crippen molar-refractivity contribution in [2.75, 3.05) is 33.4 Å². The van der Waals surface area contributed by atoms with Crippen molar-refractivity contribution in [1.29, 1.82) is 0 Å². The molecule has 1 N–H and O–H groups in total. The molecular weight excluding hydrogens is 146 g/mol. The van der Waals surface area contributed by atoms with Crippen molar-refractivity contribution in [1.82, 2.24) is 4.90 Å². The van der Waals surface area contributed by atoms with E-state index in [4.69, 9.17) is 14.6 Å². The second-order valence-electron chi connectivity index (χ2n) is 2.61. The number of hydrogen-bond acceptors (Lipinski definition) is 4. The second-order valence-corrected chi connectivity index (χ2v) is 2.61. The summed E-state index contributed by atoms with van der Waals surface area (Å²) in [5.74, 6) is 0. The number of nitrogens with zero attached hydrogens (tertiary/aromatic N) is 1. The van der Waals surface area contributed by atoms with E-state index in [2.05, 4.69) is 4.90 Å². The minimum atomic E-state index is 0.273. The lowest BCUT2D eigenvalue weighted by Gasteiger charge is -2.26. The Labute approximate surface area is 66.7 Å². The topological polar surface area (TPSA) is 41.9 Å². The summed E-state index contributed by atoms with van der Waals surface area (Å²) < 4.78 is 10.1. The SMILES string of the molecule is OCCCCN1COCOC1. The van der Waals surface area contributed by atoms with Gasteiger partial charge in [-0.05, 0) is 12.8 Å². The molecule has 66 valence electrons. The fraction of sp³-hybridized carbons (Fsp3) is 1.00. The normalized spacial score (nSPS) is 20.5. The van der Waals surface area contributed by atoms with Gasteiger partial charge in [0.25, 0.3) is 0 Å². The number of aliphatic hydroxyl groups is 1. The Kier molecular flexibility index (Phi) is 4.45. The van der Waals surface area contributed by atoms with Crippen LogP contribution in [0.25, 0.3) is 0 Å². The predicted octanol–water partition coefficient (Wildman–Crippen LogP) is -0.0198. The van der Waals surface area contributed by atoms with Gasteiger partial charge in [0.2, 0.25) is 0 Å². The van der Waals surface area contributed by atoms with Crippen molar-refractivity contribution in [3.63, 3.8) is 0 Å². The largest absolute Gasteiger partial charge is 0.396 e. The lowest BCUT2D eigenvalue weighted by Crippen LogP contribution is -2.35. The van der Waals surface area contributed by atoms with Crippen LogP contribution in [0.1, 0.15) is 12.8 Å². The summed E-state index contributed by atoms with van der Waals surface area (Å²) in [5.41, 5.74) is 0. The number of aliphatic hydroxyl groups excluding tert-OH is 1. The molecule has 1 aliphatic heterocycles. The molecular formula is C7H15NO3. The van der Waals surface area contributed by atoms with Crippen molar-refractivity contribution in [3.8, 4) is 0 Å². The van der Waals surface area contributed by atoms with Gasteiger partial charge in [-0.15, -0.1) is 0 Å². The van der Waals surface area contributed by atoms with Gasteiger partial charge in [-0.3, -0.25) is 4.90 Å². The maximum atomic E-state index is 8.51. The number of ether oxygens (including phenoxy) is 2. The number of unbranched alkanes of at least 4 members (excludes halogenated alkanes) is 1. The number of hydrogen-bond donors (Lipinski definition) is 1. The first kappa shape index (κ1) is 8.93. The Bertz CT molecular complexity index is 93.7. The fourth-order valence-corrected chi connectivity index (χ4v) is 1.01. The summed E-state index contributed by atoms with van der Waals surface area (Å²) in [6.07, 6.45) is 1.86. The molecule has 0 bridgehead atoms. The van der Waals surface area contributed by atoms with E-state index in [-0.39, 0.29) is 6.61 Å². The third-order valence-corrected chi connectivity index (χ3v) is 1.60. The zero-order chi connectivity index (χ0) is 7.94. The average molecular weight is 161 g/mol. The average Bonchev–Trinajstić information content (AvgIpc) is 2.07. The smallest absolute Gasteiger partial charge is 0.150 e. The molecule has 0 aromatic carbocycles. The molecule has 0 aromatic rings. The van der Waals surface area contributed by atoms with Gasteiger partial charge in [0.15, 0.2) is 0 Å². The Balaban J connectivity index is 1.96. The van der Waals surface area contributed by atoms with Crippen molar-refractivity contribution >= 4 is 0 Å². The van der Waals surface area contributed by atoms with E-state index in [1.54, 1.807) is 0 Å². The molecule has 0 unspecified atom stereocenters. The molecule has 0 radical (unpaired) electrons. The van der Waals surface area contributed by atoms with Crippen LogP contribution in [-0.2, 0) is 9.47 Å². The molecule has 0 atom stereocenters. The molecule has 0 amide bonds. The highest BCUT2D eigenvalue weighted by Crippen LogP contribution is 2.00. The highest BCUT2D eigenvalue weighted by Gasteiger charge is 2.08. The fourth-order valence-electron chi connectivity index (χ4n) is 1.01. The van der Waals surface area contributed by atoms with E-state index in [0.29, 0.717) is 20.3 Å². The van der Waals surface area contributed by atoms with E-state index >= 15 is 0 Å². The molecule has 1 aliphatic rings. The summed E-state index contributed by atoms with van der Waals surface area (Å²) in [6.45, 7) is 2.95. The first-order valence-electron chi connectivity index (χ1n) is 3.92. The molecule has 0 aromatic heterocycles. The Hall–Kier alpha value is -0.160. The van der Waals surface area contributed by atoms with Gasteiger partial charge in [0.1, 0.15) is 20.3 Å². The molecule has 0 spiro atoms. The molecule has 1 saturated heterocycles. The predicted molar refractivity (Wildman–Crippen MR) is 39.8 cm³/mol. The molecule has 1 heterocycles. The van der Waals surface area contributed by atoms with Crippen LogP contribution in [0.5, 0.6) is 0 Å². The van der Waals surface area contributed by atoms with Gasteiger partial charge >= 0.3 is 0 Å². The van der Waals surface area contributed by atoms with Crippen molar-refractivity contribution in [3.05, 3.63) is 0 Å². The minimum Gasteiger partial charge on any atom is -0.396 e. The van der Waals surface area contributed by atoms with Gasteiger partial charge in [0.05, 0.1) is 0 Å². The van der Waals surface area contributed by atoms with E-state index in [0.717, 1.165) is 19.4 Å². The van der Waals surface area contributed by atoms with E-state index in [9.17, 15) is 0 Å². The summed E-state index contributed by atoms with van der Waals surface area (Å²) in [5, 5.41) is 8.51. The van der Waals surface area contributed by atoms with E-state index < -0.39 is 0 Å². The van der Waals surface area contributed by atoms with Gasteiger partial charge in [-0.25, -0.2) is 0 Å². The van der Waals surface area contributed by atoms with Crippen molar-refractivity contribution in [2.24, 2.45) is 0 Å². The molecule has 0 saturated carbocycles. The highest BCUT2D eigenvalue weighted by atomic mass is 16.7. The maximum absolute atomic E-state index is 8.51. The summed E-state index contributed by atoms with van der Waals surface area (Å²) in [7, 11) is 0. The van der Waals surface area contributed by atoms with E-state index in [1.807, 2.05) is 0 Å². The van der Waals surface area contributed by atoms with Gasteiger partial charge < -0.3 is 14.6 Å². The first-order chi connectivity index (χ1) is 5.43. The standard InChI is InChI=1S/C7H15NO3/c9-4-2-1-3-8-5-10-7-11-6-8/h9H,1-7H2. The summed E-state index contributed by atoms with van der Waals surface area (Å²) in [4.78, 5) is 2.07. The lowest BCUT2D eigenvalue weighted by molar-refractivity contribution is -0.182. The van der Waals surface area contributed by atoms with Crippen LogP contribution in [0.4, 0.5) is 0 Å². The zero-order valence-corrected chi connectivity index (χ0v) is 6.66. The Morgan fingerprint density at radius 2 is 1.91 bits per heavy atom. The molecule has 1 rings (SSSR count). The molecule has 11 heavy (non-hydrogen) atoms. The van der Waals surface area contributed by atoms with Crippen molar-refractivity contribution < 1.29 is 14.6 Å². The van der Waals surface area contributed by atoms with Crippen LogP contribution in [0.15, 0.2) is 0 Å². The third kappa shape index (κ3) is 3.67. The lowest BCUT2D eigenvalue weighted by atomic mass is 10.3. The van der Waals surface area contributed by atoms with E-state index in [1.165, 1.54) is 0 Å². The van der Waals surface area contributed by atoms with Crippen LogP contribution in [-0.4, -0.2) is 43.4 Å². The first-order valence-corrected chi connectivity index (χ1v) is 3.92. The molecule has 1 fully saturated rings.